The Morgan fingerprint density at radius 3 is 2.67 bits per heavy atom. The minimum absolute atomic E-state index is 0. The van der Waals surface area contributed by atoms with E-state index in [1.165, 1.54) is 16.4 Å². The number of benzene rings is 1. The van der Waals surface area contributed by atoms with Crippen molar-refractivity contribution in [1.82, 2.24) is 9.62 Å². The van der Waals surface area contributed by atoms with Gasteiger partial charge in [-0.3, -0.25) is 0 Å². The summed E-state index contributed by atoms with van der Waals surface area (Å²) in [6.07, 6.45) is 1.48. The molecule has 21 heavy (non-hydrogen) atoms. The van der Waals surface area contributed by atoms with Crippen LogP contribution in [-0.2, 0) is 10.0 Å². The lowest BCUT2D eigenvalue weighted by Crippen LogP contribution is -2.42. The molecule has 1 N–H and O–H groups in total. The number of nitrogens with zero attached hydrogens (tertiary/aromatic N) is 1. The summed E-state index contributed by atoms with van der Waals surface area (Å²) in [5.74, 6) is -0.669. The van der Waals surface area contributed by atoms with E-state index >= 15 is 0 Å². The Kier molecular flexibility index (Phi) is 6.59. The third-order valence-electron chi connectivity index (χ3n) is 3.56. The molecule has 4 nitrogen and oxygen atoms in total. The third kappa shape index (κ3) is 3.94. The molecule has 1 heterocycles. The second-order valence-corrected chi connectivity index (χ2v) is 7.06. The molecule has 1 aromatic carbocycles. The highest BCUT2D eigenvalue weighted by atomic mass is 35.5. The van der Waals surface area contributed by atoms with E-state index in [9.17, 15) is 12.8 Å². The van der Waals surface area contributed by atoms with Gasteiger partial charge in [0.05, 0.1) is 0 Å². The molecule has 1 aromatic rings. The maximum atomic E-state index is 14.0. The Hall–Kier alpha value is -0.690. The molecule has 0 aromatic heterocycles. The van der Waals surface area contributed by atoms with Crippen LogP contribution in [-0.4, -0.2) is 38.4 Å². The molecule has 7 heteroatoms. The molecule has 2 rings (SSSR count). The molecule has 0 amide bonds. The Morgan fingerprint density at radius 2 is 2.14 bits per heavy atom. The predicted octanol–water partition coefficient (Wildman–Crippen LogP) is 2.32. The van der Waals surface area contributed by atoms with Crippen molar-refractivity contribution in [3.8, 4) is 0 Å². The van der Waals surface area contributed by atoms with Gasteiger partial charge in [-0.15, -0.1) is 12.4 Å². The molecule has 1 aliphatic rings. The number of halogens is 2. The van der Waals surface area contributed by atoms with E-state index < -0.39 is 15.8 Å². The molecule has 1 unspecified atom stereocenters. The monoisotopic (exact) mass is 336 g/mol. The van der Waals surface area contributed by atoms with Crippen molar-refractivity contribution < 1.29 is 12.8 Å². The largest absolute Gasteiger partial charge is 0.315 e. The van der Waals surface area contributed by atoms with Crippen LogP contribution < -0.4 is 5.32 Å². The van der Waals surface area contributed by atoms with E-state index in [-0.39, 0.29) is 23.3 Å². The number of sulfonamides is 1. The topological polar surface area (TPSA) is 49.4 Å². The second kappa shape index (κ2) is 7.54. The van der Waals surface area contributed by atoms with Gasteiger partial charge in [-0.2, -0.15) is 4.31 Å². The van der Waals surface area contributed by atoms with Crippen molar-refractivity contribution >= 4 is 22.4 Å². The van der Waals surface area contributed by atoms with E-state index in [1.807, 2.05) is 6.92 Å². The van der Waals surface area contributed by atoms with Gasteiger partial charge in [0, 0.05) is 19.1 Å². The average Bonchev–Trinajstić information content (AvgIpc) is 2.88. The van der Waals surface area contributed by atoms with E-state index in [0.29, 0.717) is 25.1 Å². The second-order valence-electron chi connectivity index (χ2n) is 5.20. The molecule has 0 bridgehead atoms. The van der Waals surface area contributed by atoms with Crippen LogP contribution >= 0.6 is 12.4 Å². The van der Waals surface area contributed by atoms with E-state index in [0.717, 1.165) is 13.0 Å². The number of hydrogen-bond donors (Lipinski definition) is 1. The first kappa shape index (κ1) is 18.4. The van der Waals surface area contributed by atoms with E-state index in [4.69, 9.17) is 0 Å². The Bertz CT molecular complexity index is 574. The van der Waals surface area contributed by atoms with Gasteiger partial charge in [0.25, 0.3) is 0 Å². The maximum Gasteiger partial charge on any atom is 0.246 e. The molecule has 0 spiro atoms. The average molecular weight is 337 g/mol. The van der Waals surface area contributed by atoms with Crippen molar-refractivity contribution in [2.45, 2.75) is 37.6 Å². The molecule has 0 aliphatic carbocycles. The lowest BCUT2D eigenvalue weighted by Gasteiger charge is -2.27. The van der Waals surface area contributed by atoms with Gasteiger partial charge in [0.1, 0.15) is 10.7 Å². The zero-order chi connectivity index (χ0) is 14.8. The summed E-state index contributed by atoms with van der Waals surface area (Å²) in [5.41, 5.74) is 0.714. The van der Waals surface area contributed by atoms with Gasteiger partial charge in [-0.05, 0) is 44.0 Å². The van der Waals surface area contributed by atoms with Gasteiger partial charge in [-0.25, -0.2) is 12.8 Å². The lowest BCUT2D eigenvalue weighted by atomic mass is 10.2. The minimum atomic E-state index is -3.78. The van der Waals surface area contributed by atoms with Crippen LogP contribution in [0.5, 0.6) is 0 Å². The van der Waals surface area contributed by atoms with Crippen molar-refractivity contribution in [3.05, 3.63) is 29.6 Å². The molecule has 0 radical (unpaired) electrons. The van der Waals surface area contributed by atoms with Gasteiger partial charge < -0.3 is 5.32 Å². The first-order valence-corrected chi connectivity index (χ1v) is 8.39. The number of rotatable bonds is 5. The minimum Gasteiger partial charge on any atom is -0.315 e. The molecule has 1 fully saturated rings. The SMILES string of the molecule is CCCN(C1CCNC1)S(=O)(=O)c1ccc(C)cc1F.Cl. The molecule has 120 valence electrons. The highest BCUT2D eigenvalue weighted by Gasteiger charge is 2.34. The van der Waals surface area contributed by atoms with Crippen LogP contribution in [0.25, 0.3) is 0 Å². The number of hydrogen-bond acceptors (Lipinski definition) is 3. The first-order chi connectivity index (χ1) is 9.46. The smallest absolute Gasteiger partial charge is 0.246 e. The molecular weight excluding hydrogens is 315 g/mol. The summed E-state index contributed by atoms with van der Waals surface area (Å²) < 4.78 is 40.9. The van der Waals surface area contributed by atoms with Crippen molar-refractivity contribution in [2.24, 2.45) is 0 Å². The van der Waals surface area contributed by atoms with Gasteiger partial charge in [0.15, 0.2) is 0 Å². The van der Waals surface area contributed by atoms with Crippen molar-refractivity contribution in [2.75, 3.05) is 19.6 Å². The van der Waals surface area contributed by atoms with Crippen LogP contribution in [0.1, 0.15) is 25.3 Å². The predicted molar refractivity (Wildman–Crippen MR) is 83.8 cm³/mol. The Labute approximate surface area is 132 Å². The van der Waals surface area contributed by atoms with E-state index in [1.54, 1.807) is 13.0 Å². The van der Waals surface area contributed by atoms with Gasteiger partial charge in [0.2, 0.25) is 10.0 Å². The number of nitrogens with one attached hydrogen (secondary N) is 1. The standard InChI is InChI=1S/C14H21FN2O2S.ClH/c1-3-8-17(12-6-7-16-10-12)20(18,19)14-5-4-11(2)9-13(14)15;/h4-5,9,12,16H,3,6-8,10H2,1-2H3;1H. The summed E-state index contributed by atoms with van der Waals surface area (Å²) in [5, 5.41) is 3.16. The van der Waals surface area contributed by atoms with Crippen LogP contribution in [0, 0.1) is 12.7 Å². The van der Waals surface area contributed by atoms with Crippen LogP contribution in [0.3, 0.4) is 0 Å². The molecular formula is C14H22ClFN2O2S. The summed E-state index contributed by atoms with van der Waals surface area (Å²) in [4.78, 5) is -0.219. The van der Waals surface area contributed by atoms with Crippen LogP contribution in [0.15, 0.2) is 23.1 Å². The Morgan fingerprint density at radius 1 is 1.43 bits per heavy atom. The van der Waals surface area contributed by atoms with Gasteiger partial charge >= 0.3 is 0 Å². The van der Waals surface area contributed by atoms with Crippen molar-refractivity contribution in [1.29, 1.82) is 0 Å². The fourth-order valence-electron chi connectivity index (χ4n) is 2.55. The zero-order valence-corrected chi connectivity index (χ0v) is 13.9. The van der Waals surface area contributed by atoms with Crippen LogP contribution in [0.2, 0.25) is 0 Å². The van der Waals surface area contributed by atoms with Crippen LogP contribution in [0.4, 0.5) is 4.39 Å². The molecule has 1 aliphatic heterocycles. The number of aryl methyl sites for hydroxylation is 1. The molecule has 1 saturated heterocycles. The zero-order valence-electron chi connectivity index (χ0n) is 12.3. The first-order valence-electron chi connectivity index (χ1n) is 6.95. The molecule has 0 saturated carbocycles. The maximum absolute atomic E-state index is 14.0. The van der Waals surface area contributed by atoms with E-state index in [2.05, 4.69) is 5.32 Å². The third-order valence-corrected chi connectivity index (χ3v) is 5.54. The highest BCUT2D eigenvalue weighted by molar-refractivity contribution is 7.89. The summed E-state index contributed by atoms with van der Waals surface area (Å²) in [7, 11) is -3.78. The Balaban J connectivity index is 0.00000220. The normalized spacial score (nSPS) is 18.8. The summed E-state index contributed by atoms with van der Waals surface area (Å²) in [6.45, 7) is 5.52. The highest BCUT2D eigenvalue weighted by Crippen LogP contribution is 2.24. The lowest BCUT2D eigenvalue weighted by molar-refractivity contribution is 0.333. The summed E-state index contributed by atoms with van der Waals surface area (Å²) in [6, 6.07) is 4.18. The molecule has 1 atom stereocenters. The fraction of sp³-hybridized carbons (Fsp3) is 0.571. The quantitative estimate of drug-likeness (QED) is 0.897. The van der Waals surface area contributed by atoms with Crippen molar-refractivity contribution in [3.63, 3.8) is 0 Å². The van der Waals surface area contributed by atoms with Gasteiger partial charge in [-0.1, -0.05) is 13.0 Å². The summed E-state index contributed by atoms with van der Waals surface area (Å²) >= 11 is 0. The fourth-order valence-corrected chi connectivity index (χ4v) is 4.34.